The van der Waals surface area contributed by atoms with Gasteiger partial charge in [0, 0.05) is 32.1 Å². The standard InChI is InChI=1S/C39H44O13/c1-21-26(42)18-39(46)33(51-34(44)25-15-11-8-12-16-25)31-37(6,32(43)30(49-22(2)40)29(21)36(39,4)5)27(17-28-38(31,20-48-28)52-23(3)41)50-35(45)47-19-24-13-9-7-10-14-24/h7-16,26-28,30-31,33,42,46H,17-20H2,1-6H3/t26-,27-,28+,30+,31?,33-,37+,38-,39+/m0/s1. The fourth-order valence-corrected chi connectivity index (χ4v) is 8.92. The number of Topliss-reactive ketones (excluding diaryl/α,β-unsaturated/α-hetero) is 1. The molecule has 0 amide bonds. The van der Waals surface area contributed by atoms with Gasteiger partial charge in [-0.1, -0.05) is 62.4 Å². The molecule has 1 aliphatic heterocycles. The molecule has 2 saturated carbocycles. The van der Waals surface area contributed by atoms with Crippen molar-refractivity contribution in [1.29, 1.82) is 0 Å². The third-order valence-electron chi connectivity index (χ3n) is 11.6. The van der Waals surface area contributed by atoms with Crippen LogP contribution in [0.4, 0.5) is 4.79 Å². The van der Waals surface area contributed by atoms with Crippen molar-refractivity contribution in [3.8, 4) is 0 Å². The summed E-state index contributed by atoms with van der Waals surface area (Å²) in [6, 6.07) is 16.8. The SMILES string of the molecule is CC(=O)O[C@H]1C(=O)[C@@]2(C)C([C@H](OC(=O)c3ccccc3)[C@]3(O)C[C@H](O)C(C)=C1C3(C)C)[C@]1(OC(C)=O)CO[C@@H]1C[C@@H]2OC(=O)OCc1ccccc1. The molecular weight excluding hydrogens is 676 g/mol. The predicted molar refractivity (Wildman–Crippen MR) is 180 cm³/mol. The summed E-state index contributed by atoms with van der Waals surface area (Å²) in [4.78, 5) is 68.6. The number of ketones is 1. The maximum absolute atomic E-state index is 15.5. The van der Waals surface area contributed by atoms with Gasteiger partial charge >= 0.3 is 24.1 Å². The number of esters is 3. The lowest BCUT2D eigenvalue weighted by Crippen LogP contribution is -2.82. The minimum absolute atomic E-state index is 0.105. The number of carbonyl (C=O) groups is 5. The van der Waals surface area contributed by atoms with Crippen LogP contribution in [0.3, 0.4) is 0 Å². The zero-order valence-electron chi connectivity index (χ0n) is 30.0. The summed E-state index contributed by atoms with van der Waals surface area (Å²) in [6.45, 7) is 8.13. The van der Waals surface area contributed by atoms with Crippen LogP contribution in [0.2, 0.25) is 0 Å². The van der Waals surface area contributed by atoms with Crippen molar-refractivity contribution in [2.45, 2.75) is 103 Å². The van der Waals surface area contributed by atoms with E-state index in [4.69, 9.17) is 28.4 Å². The van der Waals surface area contributed by atoms with Crippen LogP contribution >= 0.6 is 0 Å². The molecule has 1 heterocycles. The minimum atomic E-state index is -2.21. The number of hydrogen-bond donors (Lipinski definition) is 2. The van der Waals surface area contributed by atoms with Gasteiger partial charge in [0.15, 0.2) is 17.5 Å². The van der Waals surface area contributed by atoms with Gasteiger partial charge in [-0.15, -0.1) is 0 Å². The molecule has 0 aromatic heterocycles. The number of hydrogen-bond acceptors (Lipinski definition) is 13. The Kier molecular flexibility index (Phi) is 9.60. The zero-order valence-corrected chi connectivity index (χ0v) is 30.0. The molecule has 52 heavy (non-hydrogen) atoms. The Morgan fingerprint density at radius 2 is 1.54 bits per heavy atom. The van der Waals surface area contributed by atoms with E-state index >= 15 is 4.79 Å². The van der Waals surface area contributed by atoms with E-state index in [1.54, 1.807) is 69.3 Å². The first kappa shape index (κ1) is 37.2. The van der Waals surface area contributed by atoms with Gasteiger partial charge in [-0.25, -0.2) is 9.59 Å². The molecule has 278 valence electrons. The third-order valence-corrected chi connectivity index (χ3v) is 11.6. The number of ether oxygens (including phenoxy) is 6. The van der Waals surface area contributed by atoms with Crippen molar-refractivity contribution in [3.05, 3.63) is 82.9 Å². The molecule has 1 unspecified atom stereocenters. The van der Waals surface area contributed by atoms with Crippen LogP contribution < -0.4 is 0 Å². The Morgan fingerprint density at radius 1 is 0.904 bits per heavy atom. The maximum Gasteiger partial charge on any atom is 0.508 e. The molecular formula is C39H44O13. The van der Waals surface area contributed by atoms with Gasteiger partial charge in [-0.2, -0.15) is 0 Å². The van der Waals surface area contributed by atoms with Gasteiger partial charge in [0.25, 0.3) is 0 Å². The quantitative estimate of drug-likeness (QED) is 0.238. The molecule has 2 N–H and O–H groups in total. The molecule has 2 aromatic carbocycles. The van der Waals surface area contributed by atoms with Gasteiger partial charge in [0.05, 0.1) is 29.6 Å². The van der Waals surface area contributed by atoms with Crippen molar-refractivity contribution in [3.63, 3.8) is 0 Å². The first-order valence-electron chi connectivity index (χ1n) is 17.2. The molecule has 0 radical (unpaired) electrons. The summed E-state index contributed by atoms with van der Waals surface area (Å²) in [7, 11) is 0. The van der Waals surface area contributed by atoms with E-state index < -0.39 is 88.3 Å². The van der Waals surface area contributed by atoms with E-state index in [1.807, 2.05) is 0 Å². The van der Waals surface area contributed by atoms with Gasteiger partial charge in [0.2, 0.25) is 0 Å². The Labute approximate surface area is 301 Å². The molecule has 3 aliphatic carbocycles. The normalized spacial score (nSPS) is 34.6. The lowest BCUT2D eigenvalue weighted by molar-refractivity contribution is -0.346. The molecule has 2 bridgehead atoms. The summed E-state index contributed by atoms with van der Waals surface area (Å²) in [5.74, 6) is -4.73. The van der Waals surface area contributed by atoms with Crippen LogP contribution in [0.5, 0.6) is 0 Å². The number of aliphatic hydroxyl groups excluding tert-OH is 1. The minimum Gasteiger partial charge on any atom is -0.455 e. The summed E-state index contributed by atoms with van der Waals surface area (Å²) < 4.78 is 35.6. The summed E-state index contributed by atoms with van der Waals surface area (Å²) in [5, 5.41) is 24.7. The maximum atomic E-state index is 15.5. The van der Waals surface area contributed by atoms with Crippen molar-refractivity contribution in [2.75, 3.05) is 6.61 Å². The Morgan fingerprint density at radius 3 is 2.12 bits per heavy atom. The van der Waals surface area contributed by atoms with Crippen LogP contribution in [-0.2, 0) is 49.4 Å². The van der Waals surface area contributed by atoms with E-state index in [-0.39, 0.29) is 42.8 Å². The number of aliphatic hydroxyl groups is 2. The average molecular weight is 721 g/mol. The van der Waals surface area contributed by atoms with Gasteiger partial charge in [-0.3, -0.25) is 14.4 Å². The molecule has 2 aromatic rings. The smallest absolute Gasteiger partial charge is 0.455 e. The highest BCUT2D eigenvalue weighted by Crippen LogP contribution is 2.64. The molecule has 13 nitrogen and oxygen atoms in total. The zero-order chi connectivity index (χ0) is 37.8. The number of benzene rings is 2. The van der Waals surface area contributed by atoms with Crippen LogP contribution in [0.25, 0.3) is 0 Å². The molecule has 4 aliphatic rings. The first-order valence-corrected chi connectivity index (χ1v) is 17.2. The van der Waals surface area contributed by atoms with Crippen molar-refractivity contribution < 1.29 is 62.6 Å². The number of carbonyl (C=O) groups excluding carboxylic acids is 5. The fourth-order valence-electron chi connectivity index (χ4n) is 8.92. The fraction of sp³-hybridized carbons (Fsp3) is 0.513. The molecule has 1 saturated heterocycles. The van der Waals surface area contributed by atoms with E-state index in [0.717, 1.165) is 6.92 Å². The highest BCUT2D eigenvalue weighted by molar-refractivity contribution is 5.95. The highest BCUT2D eigenvalue weighted by atomic mass is 16.7. The Hall–Kier alpha value is -4.59. The van der Waals surface area contributed by atoms with Crippen molar-refractivity contribution in [1.82, 2.24) is 0 Å². The predicted octanol–water partition coefficient (Wildman–Crippen LogP) is 4.01. The Balaban J connectivity index is 1.58. The second-order valence-electron chi connectivity index (χ2n) is 14.9. The number of rotatable bonds is 7. The van der Waals surface area contributed by atoms with Crippen LogP contribution in [-0.4, -0.2) is 88.4 Å². The van der Waals surface area contributed by atoms with Crippen molar-refractivity contribution >= 4 is 29.8 Å². The van der Waals surface area contributed by atoms with E-state index in [0.29, 0.717) is 5.56 Å². The first-order chi connectivity index (χ1) is 24.5. The molecule has 6 rings (SSSR count). The lowest BCUT2D eigenvalue weighted by Gasteiger charge is -2.67. The second kappa shape index (κ2) is 13.4. The van der Waals surface area contributed by atoms with E-state index in [9.17, 15) is 29.4 Å². The van der Waals surface area contributed by atoms with Gasteiger partial charge < -0.3 is 38.6 Å². The highest BCUT2D eigenvalue weighted by Gasteiger charge is 2.79. The average Bonchev–Trinajstić information content (AvgIpc) is 3.09. The van der Waals surface area contributed by atoms with E-state index in [2.05, 4.69) is 0 Å². The van der Waals surface area contributed by atoms with E-state index in [1.165, 1.54) is 26.0 Å². The summed E-state index contributed by atoms with van der Waals surface area (Å²) in [5.41, 5.74) is -6.27. The molecule has 3 fully saturated rings. The second-order valence-corrected chi connectivity index (χ2v) is 14.9. The topological polar surface area (TPSA) is 181 Å². The van der Waals surface area contributed by atoms with Gasteiger partial charge in [-0.05, 0) is 42.7 Å². The molecule has 13 heteroatoms. The summed E-state index contributed by atoms with van der Waals surface area (Å²) >= 11 is 0. The van der Waals surface area contributed by atoms with Crippen LogP contribution in [0.15, 0.2) is 71.8 Å². The lowest BCUT2D eigenvalue weighted by atomic mass is 9.44. The van der Waals surface area contributed by atoms with Crippen molar-refractivity contribution in [2.24, 2.45) is 16.7 Å². The van der Waals surface area contributed by atoms with Gasteiger partial charge in [0.1, 0.15) is 30.5 Å². The molecule has 9 atom stereocenters. The largest absolute Gasteiger partial charge is 0.508 e. The van der Waals surface area contributed by atoms with Crippen LogP contribution in [0.1, 0.15) is 70.3 Å². The monoisotopic (exact) mass is 720 g/mol. The molecule has 0 spiro atoms. The summed E-state index contributed by atoms with van der Waals surface area (Å²) in [6.07, 6.45) is -8.89. The Bertz CT molecular complexity index is 1790. The number of fused-ring (bicyclic) bond motifs is 5. The third kappa shape index (κ3) is 5.88. The van der Waals surface area contributed by atoms with Crippen LogP contribution in [0, 0.1) is 16.7 Å².